The molecular weight excluding hydrogens is 371 g/mol. The molecule has 0 atom stereocenters. The van der Waals surface area contributed by atoms with E-state index in [-0.39, 0.29) is 5.69 Å². The molecule has 0 fully saturated rings. The molecule has 1 heterocycles. The van der Waals surface area contributed by atoms with E-state index in [1.165, 1.54) is 6.07 Å². The summed E-state index contributed by atoms with van der Waals surface area (Å²) in [7, 11) is 0. The summed E-state index contributed by atoms with van der Waals surface area (Å²) < 4.78 is 44.4. The van der Waals surface area contributed by atoms with Crippen molar-refractivity contribution >= 4 is 11.6 Å². The molecular formula is C20H20F3N3O2. The minimum atomic E-state index is -4.61. The Morgan fingerprint density at radius 3 is 2.43 bits per heavy atom. The predicted octanol–water partition coefficient (Wildman–Crippen LogP) is 4.79. The van der Waals surface area contributed by atoms with Gasteiger partial charge in [0.05, 0.1) is 17.0 Å². The largest absolute Gasteiger partial charge is 0.487 e. The molecule has 0 spiro atoms. The summed E-state index contributed by atoms with van der Waals surface area (Å²) in [5.41, 5.74) is -2.86. The van der Waals surface area contributed by atoms with E-state index in [1.807, 2.05) is 6.07 Å². The standard InChI is InChI=1S/C20H20F3N3O2/c1-18(2,19(3,4)28-15-7-5-6-13(10-15)12-24)17(27)26-14-8-9-25-16(11-14)20(21,22)23/h5-11H,1-4H3,(H,25,26,27). The molecule has 1 N–H and O–H groups in total. The molecule has 1 aromatic heterocycles. The van der Waals surface area contributed by atoms with Crippen molar-refractivity contribution in [2.24, 2.45) is 5.41 Å². The van der Waals surface area contributed by atoms with Crippen LogP contribution in [0.2, 0.25) is 0 Å². The minimum Gasteiger partial charge on any atom is -0.487 e. The van der Waals surface area contributed by atoms with Gasteiger partial charge in [0.1, 0.15) is 17.0 Å². The summed E-state index contributed by atoms with van der Waals surface area (Å²) in [6.07, 6.45) is -3.62. The number of carbonyl (C=O) groups excluding carboxylic acids is 1. The second-order valence-corrected chi connectivity index (χ2v) is 7.26. The molecule has 8 heteroatoms. The lowest BCUT2D eigenvalue weighted by atomic mass is 9.76. The van der Waals surface area contributed by atoms with Crippen LogP contribution < -0.4 is 10.1 Å². The zero-order valence-corrected chi connectivity index (χ0v) is 15.9. The van der Waals surface area contributed by atoms with Crippen molar-refractivity contribution in [2.45, 2.75) is 39.5 Å². The number of nitrogens with zero attached hydrogens (tertiary/aromatic N) is 2. The zero-order chi connectivity index (χ0) is 21.2. The number of aromatic nitrogens is 1. The van der Waals surface area contributed by atoms with Gasteiger partial charge in [0.25, 0.3) is 0 Å². The molecule has 5 nitrogen and oxygen atoms in total. The zero-order valence-electron chi connectivity index (χ0n) is 15.9. The summed E-state index contributed by atoms with van der Waals surface area (Å²) in [5.74, 6) is -0.110. The van der Waals surface area contributed by atoms with Crippen LogP contribution in [0.1, 0.15) is 39.0 Å². The number of hydrogen-bond donors (Lipinski definition) is 1. The van der Waals surface area contributed by atoms with Gasteiger partial charge in [-0.15, -0.1) is 0 Å². The Kier molecular flexibility index (Phi) is 5.69. The topological polar surface area (TPSA) is 75.0 Å². The first-order valence-electron chi connectivity index (χ1n) is 8.41. The van der Waals surface area contributed by atoms with E-state index in [0.717, 1.165) is 12.3 Å². The van der Waals surface area contributed by atoms with Crippen molar-refractivity contribution in [1.29, 1.82) is 5.26 Å². The van der Waals surface area contributed by atoms with E-state index in [4.69, 9.17) is 10.00 Å². The van der Waals surface area contributed by atoms with Gasteiger partial charge in [0.15, 0.2) is 0 Å². The smallest absolute Gasteiger partial charge is 0.433 e. The maximum Gasteiger partial charge on any atom is 0.433 e. The SMILES string of the molecule is CC(C)(Oc1cccc(C#N)c1)C(C)(C)C(=O)Nc1ccnc(C(F)(F)F)c1. The maximum atomic E-state index is 12.8. The monoisotopic (exact) mass is 391 g/mol. The highest BCUT2D eigenvalue weighted by Crippen LogP contribution is 2.37. The molecule has 0 unspecified atom stereocenters. The quantitative estimate of drug-likeness (QED) is 0.795. The Labute approximate surface area is 161 Å². The second kappa shape index (κ2) is 7.50. The van der Waals surface area contributed by atoms with Crippen LogP contribution in [0.25, 0.3) is 0 Å². The van der Waals surface area contributed by atoms with Crippen molar-refractivity contribution in [3.8, 4) is 11.8 Å². The van der Waals surface area contributed by atoms with E-state index in [1.54, 1.807) is 52.0 Å². The van der Waals surface area contributed by atoms with E-state index in [2.05, 4.69) is 10.3 Å². The van der Waals surface area contributed by atoms with Crippen LogP contribution >= 0.6 is 0 Å². The minimum absolute atomic E-state index is 0.0114. The van der Waals surface area contributed by atoms with Gasteiger partial charge in [-0.25, -0.2) is 0 Å². The molecule has 0 aliphatic rings. The van der Waals surface area contributed by atoms with Gasteiger partial charge >= 0.3 is 6.18 Å². The van der Waals surface area contributed by atoms with Crippen LogP contribution in [0.15, 0.2) is 42.6 Å². The lowest BCUT2D eigenvalue weighted by Gasteiger charge is -2.40. The number of rotatable bonds is 5. The third-order valence-corrected chi connectivity index (χ3v) is 4.72. The van der Waals surface area contributed by atoms with E-state index >= 15 is 0 Å². The number of pyridine rings is 1. The number of nitrogens with one attached hydrogen (secondary N) is 1. The van der Waals surface area contributed by atoms with Crippen LogP contribution in [0.3, 0.4) is 0 Å². The van der Waals surface area contributed by atoms with Crippen molar-refractivity contribution < 1.29 is 22.7 Å². The molecule has 0 saturated carbocycles. The summed E-state index contributed by atoms with van der Waals surface area (Å²) in [4.78, 5) is 16.1. The van der Waals surface area contributed by atoms with Gasteiger partial charge in [0.2, 0.25) is 5.91 Å². The van der Waals surface area contributed by atoms with Gasteiger partial charge in [-0.3, -0.25) is 9.78 Å². The number of benzene rings is 1. The maximum absolute atomic E-state index is 12.8. The molecule has 0 aliphatic heterocycles. The Morgan fingerprint density at radius 2 is 1.82 bits per heavy atom. The molecule has 2 aromatic rings. The van der Waals surface area contributed by atoms with Crippen molar-refractivity contribution in [2.75, 3.05) is 5.32 Å². The lowest BCUT2D eigenvalue weighted by molar-refractivity contribution is -0.141. The summed E-state index contributed by atoms with van der Waals surface area (Å²) >= 11 is 0. The number of halogens is 3. The van der Waals surface area contributed by atoms with E-state index in [0.29, 0.717) is 11.3 Å². The van der Waals surface area contributed by atoms with Gasteiger partial charge in [-0.05, 0) is 58.0 Å². The Morgan fingerprint density at radius 1 is 1.14 bits per heavy atom. The average Bonchev–Trinajstić information content (AvgIpc) is 2.60. The summed E-state index contributed by atoms with van der Waals surface area (Å²) in [6, 6.07) is 10.6. The second-order valence-electron chi connectivity index (χ2n) is 7.26. The fourth-order valence-corrected chi connectivity index (χ4v) is 2.28. The highest BCUT2D eigenvalue weighted by atomic mass is 19.4. The van der Waals surface area contributed by atoms with Crippen molar-refractivity contribution in [3.05, 3.63) is 53.9 Å². The average molecular weight is 391 g/mol. The fourth-order valence-electron chi connectivity index (χ4n) is 2.28. The third kappa shape index (κ3) is 4.60. The molecule has 0 radical (unpaired) electrons. The number of nitriles is 1. The van der Waals surface area contributed by atoms with Gasteiger partial charge in [-0.2, -0.15) is 18.4 Å². The number of alkyl halides is 3. The van der Waals surface area contributed by atoms with E-state index in [9.17, 15) is 18.0 Å². The van der Waals surface area contributed by atoms with Gasteiger partial charge < -0.3 is 10.1 Å². The molecule has 0 saturated heterocycles. The third-order valence-electron chi connectivity index (χ3n) is 4.72. The number of anilines is 1. The predicted molar refractivity (Wildman–Crippen MR) is 97.5 cm³/mol. The van der Waals surface area contributed by atoms with E-state index < -0.39 is 28.8 Å². The normalized spacial score (nSPS) is 12.2. The van der Waals surface area contributed by atoms with Gasteiger partial charge in [-0.1, -0.05) is 6.07 Å². The number of carbonyl (C=O) groups is 1. The Bertz CT molecular complexity index is 915. The molecule has 0 aliphatic carbocycles. The number of amides is 1. The summed E-state index contributed by atoms with van der Waals surface area (Å²) in [5, 5.41) is 11.5. The van der Waals surface area contributed by atoms with Crippen LogP contribution in [0.4, 0.5) is 18.9 Å². The molecule has 1 aromatic carbocycles. The Hall–Kier alpha value is -3.08. The first kappa shape index (κ1) is 21.2. The van der Waals surface area contributed by atoms with Crippen LogP contribution in [0.5, 0.6) is 5.75 Å². The Balaban J connectivity index is 2.22. The first-order valence-corrected chi connectivity index (χ1v) is 8.41. The fraction of sp³-hybridized carbons (Fsp3) is 0.350. The highest BCUT2D eigenvalue weighted by Gasteiger charge is 2.45. The van der Waals surface area contributed by atoms with Crippen LogP contribution in [-0.4, -0.2) is 16.5 Å². The molecule has 28 heavy (non-hydrogen) atoms. The lowest BCUT2D eigenvalue weighted by Crippen LogP contribution is -2.51. The van der Waals surface area contributed by atoms with Crippen molar-refractivity contribution in [3.63, 3.8) is 0 Å². The van der Waals surface area contributed by atoms with Crippen LogP contribution in [-0.2, 0) is 11.0 Å². The number of hydrogen-bond acceptors (Lipinski definition) is 4. The molecule has 0 bridgehead atoms. The summed E-state index contributed by atoms with van der Waals surface area (Å²) in [6.45, 7) is 6.64. The molecule has 1 amide bonds. The molecule has 148 valence electrons. The first-order chi connectivity index (χ1) is 12.9. The van der Waals surface area contributed by atoms with Crippen molar-refractivity contribution in [1.82, 2.24) is 4.98 Å². The van der Waals surface area contributed by atoms with Gasteiger partial charge in [0, 0.05) is 11.9 Å². The van der Waals surface area contributed by atoms with Crippen LogP contribution in [0, 0.1) is 16.7 Å². The highest BCUT2D eigenvalue weighted by molar-refractivity contribution is 5.95. The molecule has 2 rings (SSSR count). The number of ether oxygens (including phenoxy) is 1.